The third-order valence-electron chi connectivity index (χ3n) is 4.79. The average molecular weight is 341 g/mol. The van der Waals surface area contributed by atoms with E-state index in [0.717, 1.165) is 55.5 Å². The molecule has 1 aromatic heterocycles. The molecule has 132 valence electrons. The molecule has 1 aromatic carbocycles. The minimum Gasteiger partial charge on any atom is -0.454 e. The number of pyridine rings is 1. The minimum absolute atomic E-state index is 0.257. The highest BCUT2D eigenvalue weighted by molar-refractivity contribution is 5.45. The van der Waals surface area contributed by atoms with Crippen LogP contribution in [0.2, 0.25) is 0 Å². The van der Waals surface area contributed by atoms with E-state index < -0.39 is 6.10 Å². The number of rotatable bonds is 5. The predicted molar refractivity (Wildman–Crippen MR) is 93.5 cm³/mol. The van der Waals surface area contributed by atoms with Gasteiger partial charge in [-0.1, -0.05) is 12.1 Å². The van der Waals surface area contributed by atoms with Crippen LogP contribution < -0.4 is 9.47 Å². The molecule has 6 heteroatoms. The minimum atomic E-state index is -0.517. The highest BCUT2D eigenvalue weighted by Gasteiger charge is 2.22. The number of aliphatic hydroxyl groups excluding tert-OH is 1. The highest BCUT2D eigenvalue weighted by Crippen LogP contribution is 2.34. The monoisotopic (exact) mass is 341 g/mol. The molecule has 0 unspecified atom stereocenters. The third kappa shape index (κ3) is 3.92. The molecule has 6 nitrogen and oxygen atoms in total. The molecular weight excluding hydrogens is 318 g/mol. The van der Waals surface area contributed by atoms with E-state index in [2.05, 4.69) is 20.9 Å². The maximum atomic E-state index is 10.5. The smallest absolute Gasteiger partial charge is 0.231 e. The fourth-order valence-electron chi connectivity index (χ4n) is 3.32. The largest absolute Gasteiger partial charge is 0.454 e. The summed E-state index contributed by atoms with van der Waals surface area (Å²) in [6, 6.07) is 11.7. The van der Waals surface area contributed by atoms with Gasteiger partial charge in [0.25, 0.3) is 0 Å². The fraction of sp³-hybridized carbons (Fsp3) is 0.421. The summed E-state index contributed by atoms with van der Waals surface area (Å²) in [6.45, 7) is 5.67. The van der Waals surface area contributed by atoms with Crippen molar-refractivity contribution in [2.75, 3.05) is 39.5 Å². The number of aliphatic hydroxyl groups is 1. The van der Waals surface area contributed by atoms with E-state index in [9.17, 15) is 5.11 Å². The quantitative estimate of drug-likeness (QED) is 0.893. The van der Waals surface area contributed by atoms with Gasteiger partial charge in [0.1, 0.15) is 0 Å². The van der Waals surface area contributed by atoms with Crippen molar-refractivity contribution in [1.82, 2.24) is 14.8 Å². The lowest BCUT2D eigenvalue weighted by molar-refractivity contribution is 0.0696. The second kappa shape index (κ2) is 7.39. The van der Waals surface area contributed by atoms with Gasteiger partial charge in [0, 0.05) is 45.5 Å². The zero-order chi connectivity index (χ0) is 17.1. The Hall–Kier alpha value is -2.15. The molecule has 2 aromatic rings. The summed E-state index contributed by atoms with van der Waals surface area (Å²) in [4.78, 5) is 9.11. The Morgan fingerprint density at radius 2 is 1.80 bits per heavy atom. The molecule has 0 bridgehead atoms. The van der Waals surface area contributed by atoms with Crippen LogP contribution in [0.25, 0.3) is 0 Å². The normalized spacial score (nSPS) is 19.1. The number of β-amino-alcohol motifs (C(OH)–C–C–N with tert-alkyl or cyclic N) is 1. The molecule has 0 spiro atoms. The van der Waals surface area contributed by atoms with E-state index >= 15 is 0 Å². The second-order valence-electron chi connectivity index (χ2n) is 6.53. The third-order valence-corrected chi connectivity index (χ3v) is 4.79. The first-order valence-electron chi connectivity index (χ1n) is 8.70. The van der Waals surface area contributed by atoms with Crippen LogP contribution in [-0.4, -0.2) is 59.4 Å². The average Bonchev–Trinajstić information content (AvgIpc) is 3.12. The van der Waals surface area contributed by atoms with Crippen LogP contribution in [0.5, 0.6) is 11.5 Å². The Morgan fingerprint density at radius 1 is 1.00 bits per heavy atom. The zero-order valence-corrected chi connectivity index (χ0v) is 14.2. The van der Waals surface area contributed by atoms with Gasteiger partial charge >= 0.3 is 0 Å². The molecule has 0 saturated carbocycles. The Bertz CT molecular complexity index is 702. The van der Waals surface area contributed by atoms with Crippen molar-refractivity contribution in [1.29, 1.82) is 0 Å². The van der Waals surface area contributed by atoms with Gasteiger partial charge in [0.05, 0.1) is 11.8 Å². The van der Waals surface area contributed by atoms with E-state index in [1.165, 1.54) is 0 Å². The number of aromatic nitrogens is 1. The Morgan fingerprint density at radius 3 is 2.60 bits per heavy atom. The van der Waals surface area contributed by atoms with Gasteiger partial charge in [-0.25, -0.2) is 0 Å². The molecule has 2 aliphatic rings. The van der Waals surface area contributed by atoms with Gasteiger partial charge in [0.2, 0.25) is 6.79 Å². The van der Waals surface area contributed by atoms with Crippen LogP contribution in [0.1, 0.15) is 17.4 Å². The van der Waals surface area contributed by atoms with E-state index in [1.54, 1.807) is 0 Å². The Labute approximate surface area is 147 Å². The van der Waals surface area contributed by atoms with E-state index in [1.807, 2.05) is 36.5 Å². The summed E-state index contributed by atoms with van der Waals surface area (Å²) in [7, 11) is 0. The van der Waals surface area contributed by atoms with Crippen LogP contribution in [-0.2, 0) is 6.54 Å². The van der Waals surface area contributed by atoms with Gasteiger partial charge in [-0.05, 0) is 29.8 Å². The first kappa shape index (κ1) is 16.3. The summed E-state index contributed by atoms with van der Waals surface area (Å²) >= 11 is 0. The number of piperazine rings is 1. The molecule has 4 rings (SSSR count). The number of hydrogen-bond donors (Lipinski definition) is 1. The van der Waals surface area contributed by atoms with Crippen molar-refractivity contribution in [2.24, 2.45) is 0 Å². The summed E-state index contributed by atoms with van der Waals surface area (Å²) < 4.78 is 10.7. The molecule has 1 saturated heterocycles. The van der Waals surface area contributed by atoms with Crippen molar-refractivity contribution in [3.05, 3.63) is 53.9 Å². The molecule has 3 heterocycles. The molecule has 0 aliphatic carbocycles. The lowest BCUT2D eigenvalue weighted by Crippen LogP contribution is -2.47. The SMILES string of the molecule is O[C@@H](CN1CCN(Cc2ccccn2)CC1)c1ccc2c(c1)OCO2. The van der Waals surface area contributed by atoms with Crippen molar-refractivity contribution in [2.45, 2.75) is 12.6 Å². The van der Waals surface area contributed by atoms with Crippen LogP contribution in [0.3, 0.4) is 0 Å². The summed E-state index contributed by atoms with van der Waals surface area (Å²) in [6.07, 6.45) is 1.32. The highest BCUT2D eigenvalue weighted by atomic mass is 16.7. The van der Waals surface area contributed by atoms with Crippen LogP contribution in [0.4, 0.5) is 0 Å². The number of ether oxygens (including phenoxy) is 2. The van der Waals surface area contributed by atoms with E-state index in [-0.39, 0.29) is 6.79 Å². The van der Waals surface area contributed by atoms with E-state index in [4.69, 9.17) is 9.47 Å². The standard InChI is InChI=1S/C19H23N3O3/c23-17(15-4-5-18-19(11-15)25-14-24-18)13-22-9-7-21(8-10-22)12-16-3-1-2-6-20-16/h1-6,11,17,23H,7-10,12-14H2/t17-/m0/s1. The van der Waals surface area contributed by atoms with Crippen molar-refractivity contribution >= 4 is 0 Å². The van der Waals surface area contributed by atoms with Crippen molar-refractivity contribution in [3.8, 4) is 11.5 Å². The lowest BCUT2D eigenvalue weighted by Gasteiger charge is -2.35. The first-order valence-corrected chi connectivity index (χ1v) is 8.70. The molecule has 1 atom stereocenters. The molecule has 25 heavy (non-hydrogen) atoms. The molecule has 0 radical (unpaired) electrons. The molecular formula is C19H23N3O3. The van der Waals surface area contributed by atoms with Crippen LogP contribution in [0, 0.1) is 0 Å². The Balaban J connectivity index is 1.28. The number of hydrogen-bond acceptors (Lipinski definition) is 6. The molecule has 2 aliphatic heterocycles. The van der Waals surface area contributed by atoms with Crippen molar-refractivity contribution in [3.63, 3.8) is 0 Å². The van der Waals surface area contributed by atoms with Gasteiger partial charge in [-0.2, -0.15) is 0 Å². The van der Waals surface area contributed by atoms with Gasteiger partial charge in [-0.3, -0.25) is 14.8 Å². The van der Waals surface area contributed by atoms with Gasteiger partial charge < -0.3 is 14.6 Å². The molecule has 0 amide bonds. The lowest BCUT2D eigenvalue weighted by atomic mass is 10.1. The maximum Gasteiger partial charge on any atom is 0.231 e. The predicted octanol–water partition coefficient (Wildman–Crippen LogP) is 1.66. The number of nitrogens with zero attached hydrogens (tertiary/aromatic N) is 3. The van der Waals surface area contributed by atoms with Crippen LogP contribution in [0.15, 0.2) is 42.6 Å². The molecule has 1 N–H and O–H groups in total. The zero-order valence-electron chi connectivity index (χ0n) is 14.2. The summed E-state index contributed by atoms with van der Waals surface area (Å²) in [5.74, 6) is 1.47. The van der Waals surface area contributed by atoms with E-state index in [0.29, 0.717) is 6.54 Å². The molecule has 1 fully saturated rings. The number of fused-ring (bicyclic) bond motifs is 1. The Kier molecular flexibility index (Phi) is 4.83. The first-order chi connectivity index (χ1) is 12.3. The van der Waals surface area contributed by atoms with Crippen molar-refractivity contribution < 1.29 is 14.6 Å². The topological polar surface area (TPSA) is 58.1 Å². The maximum absolute atomic E-state index is 10.5. The van der Waals surface area contributed by atoms with Crippen LogP contribution >= 0.6 is 0 Å². The second-order valence-corrected chi connectivity index (χ2v) is 6.53. The van der Waals surface area contributed by atoms with Gasteiger partial charge in [0.15, 0.2) is 11.5 Å². The summed E-state index contributed by atoms with van der Waals surface area (Å²) in [5.41, 5.74) is 1.98. The number of benzene rings is 1. The summed E-state index contributed by atoms with van der Waals surface area (Å²) in [5, 5.41) is 10.5. The van der Waals surface area contributed by atoms with Gasteiger partial charge in [-0.15, -0.1) is 0 Å². The fourth-order valence-corrected chi connectivity index (χ4v) is 3.32.